The first-order chi connectivity index (χ1) is 14.5. The summed E-state index contributed by atoms with van der Waals surface area (Å²) in [6.07, 6.45) is -5.39. The smallest absolute Gasteiger partial charge is 0.416 e. The van der Waals surface area contributed by atoms with Gasteiger partial charge in [0.25, 0.3) is 5.91 Å². The molecule has 1 saturated heterocycles. The molecule has 1 amide bonds. The number of halogens is 3. The summed E-state index contributed by atoms with van der Waals surface area (Å²) in [5.41, 5.74) is -0.0323. The van der Waals surface area contributed by atoms with Gasteiger partial charge in [0.05, 0.1) is 10.5 Å². The van der Waals surface area contributed by atoms with E-state index in [1.807, 2.05) is 25.1 Å². The van der Waals surface area contributed by atoms with Crippen LogP contribution in [0.5, 0.6) is 5.75 Å². The third-order valence-corrected chi connectivity index (χ3v) is 6.89. The number of ether oxygens (including phenoxy) is 1. The molecule has 0 aromatic heterocycles. The summed E-state index contributed by atoms with van der Waals surface area (Å²) in [6.45, 7) is 3.75. The topological polar surface area (TPSA) is 66.9 Å². The quantitative estimate of drug-likeness (QED) is 0.693. The second-order valence-corrected chi connectivity index (χ2v) is 9.27. The zero-order valence-corrected chi connectivity index (χ0v) is 17.9. The van der Waals surface area contributed by atoms with Gasteiger partial charge in [0, 0.05) is 26.2 Å². The average molecular weight is 456 g/mol. The number of sulfonamides is 1. The van der Waals surface area contributed by atoms with Crippen molar-refractivity contribution < 1.29 is 31.1 Å². The van der Waals surface area contributed by atoms with E-state index in [0.29, 0.717) is 11.8 Å². The number of piperazine rings is 1. The number of carbonyl (C=O) groups is 1. The van der Waals surface area contributed by atoms with Gasteiger partial charge in [0.1, 0.15) is 5.75 Å². The number of amides is 1. The van der Waals surface area contributed by atoms with Crippen molar-refractivity contribution >= 4 is 15.9 Å². The molecular formula is C21H23F3N2O4S. The first-order valence-electron chi connectivity index (χ1n) is 9.68. The number of aryl methyl sites for hydroxylation is 1. The van der Waals surface area contributed by atoms with Crippen molar-refractivity contribution in [2.75, 3.05) is 26.2 Å². The van der Waals surface area contributed by atoms with Crippen molar-refractivity contribution in [2.45, 2.75) is 31.0 Å². The average Bonchev–Trinajstić information content (AvgIpc) is 2.73. The second-order valence-electron chi connectivity index (χ2n) is 7.33. The molecule has 10 heteroatoms. The number of alkyl halides is 3. The van der Waals surface area contributed by atoms with Gasteiger partial charge in [0.15, 0.2) is 6.10 Å². The lowest BCUT2D eigenvalue weighted by Gasteiger charge is -2.35. The molecule has 6 nitrogen and oxygen atoms in total. The Kier molecular flexibility index (Phi) is 6.61. The van der Waals surface area contributed by atoms with Crippen LogP contribution in [0.15, 0.2) is 53.4 Å². The maximum absolute atomic E-state index is 12.9. The summed E-state index contributed by atoms with van der Waals surface area (Å²) in [5.74, 6) is 0.282. The zero-order valence-electron chi connectivity index (χ0n) is 17.1. The zero-order chi connectivity index (χ0) is 22.8. The Bertz CT molecular complexity index is 1050. The molecule has 3 rings (SSSR count). The molecule has 0 aliphatic carbocycles. The number of carbonyl (C=O) groups excluding carboxylic acids is 1. The van der Waals surface area contributed by atoms with Gasteiger partial charge in [-0.1, -0.05) is 18.2 Å². The Morgan fingerprint density at radius 2 is 1.68 bits per heavy atom. The van der Waals surface area contributed by atoms with Gasteiger partial charge in [-0.2, -0.15) is 17.5 Å². The predicted molar refractivity (Wildman–Crippen MR) is 108 cm³/mol. The number of hydrogen-bond donors (Lipinski definition) is 0. The molecular weight excluding hydrogens is 433 g/mol. The molecule has 168 valence electrons. The van der Waals surface area contributed by atoms with E-state index in [1.54, 1.807) is 13.0 Å². The highest BCUT2D eigenvalue weighted by atomic mass is 32.2. The van der Waals surface area contributed by atoms with Crippen LogP contribution in [0.3, 0.4) is 0 Å². The number of benzene rings is 2. The molecule has 1 atom stereocenters. The fourth-order valence-corrected chi connectivity index (χ4v) is 4.80. The fraction of sp³-hybridized carbons (Fsp3) is 0.381. The van der Waals surface area contributed by atoms with Crippen LogP contribution >= 0.6 is 0 Å². The SMILES string of the molecule is Cc1cccc(O[C@@H](C)C(=O)N2CCN(S(=O)(=O)c3cccc(C(F)(F)F)c3)CC2)c1. The normalized spacial score (nSPS) is 16.7. The highest BCUT2D eigenvalue weighted by Gasteiger charge is 2.35. The van der Waals surface area contributed by atoms with Crippen LogP contribution in [0.25, 0.3) is 0 Å². The van der Waals surface area contributed by atoms with Crippen LogP contribution in [-0.2, 0) is 21.0 Å². The van der Waals surface area contributed by atoms with Gasteiger partial charge in [-0.15, -0.1) is 0 Å². The van der Waals surface area contributed by atoms with Crippen LogP contribution in [0.2, 0.25) is 0 Å². The van der Waals surface area contributed by atoms with Crippen molar-refractivity contribution in [3.63, 3.8) is 0 Å². The highest BCUT2D eigenvalue weighted by Crippen LogP contribution is 2.31. The molecule has 31 heavy (non-hydrogen) atoms. The summed E-state index contributed by atoms with van der Waals surface area (Å²) in [6, 6.07) is 10.9. The molecule has 1 fully saturated rings. The van der Waals surface area contributed by atoms with Crippen molar-refractivity contribution in [3.05, 3.63) is 59.7 Å². The molecule has 1 heterocycles. The first-order valence-corrected chi connectivity index (χ1v) is 11.1. The van der Waals surface area contributed by atoms with Crippen molar-refractivity contribution in [2.24, 2.45) is 0 Å². The molecule has 0 radical (unpaired) electrons. The highest BCUT2D eigenvalue weighted by molar-refractivity contribution is 7.89. The number of nitrogens with zero attached hydrogens (tertiary/aromatic N) is 2. The Hall–Kier alpha value is -2.59. The third-order valence-electron chi connectivity index (χ3n) is 5.00. The number of hydrogen-bond acceptors (Lipinski definition) is 4. The molecule has 1 aliphatic rings. The predicted octanol–water partition coefficient (Wildman–Crippen LogP) is 3.31. The van der Waals surface area contributed by atoms with Crippen LogP contribution in [0.4, 0.5) is 13.2 Å². The monoisotopic (exact) mass is 456 g/mol. The van der Waals surface area contributed by atoms with Crippen LogP contribution in [-0.4, -0.2) is 55.8 Å². The van der Waals surface area contributed by atoms with E-state index in [9.17, 15) is 26.4 Å². The lowest BCUT2D eigenvalue weighted by atomic mass is 10.2. The van der Waals surface area contributed by atoms with E-state index in [-0.39, 0.29) is 32.1 Å². The van der Waals surface area contributed by atoms with Crippen molar-refractivity contribution in [1.29, 1.82) is 0 Å². The van der Waals surface area contributed by atoms with Crippen LogP contribution < -0.4 is 4.74 Å². The van der Waals surface area contributed by atoms with Gasteiger partial charge >= 0.3 is 6.18 Å². The maximum atomic E-state index is 12.9. The fourth-order valence-electron chi connectivity index (χ4n) is 3.33. The Morgan fingerprint density at radius 1 is 1.03 bits per heavy atom. The minimum atomic E-state index is -4.63. The molecule has 2 aromatic rings. The maximum Gasteiger partial charge on any atom is 0.416 e. The summed E-state index contributed by atoms with van der Waals surface area (Å²) in [7, 11) is -4.10. The summed E-state index contributed by atoms with van der Waals surface area (Å²) in [5, 5.41) is 0. The van der Waals surface area contributed by atoms with E-state index in [1.165, 1.54) is 4.90 Å². The Labute approximate surface area is 179 Å². The Balaban J connectivity index is 1.64. The van der Waals surface area contributed by atoms with E-state index < -0.39 is 32.8 Å². The summed E-state index contributed by atoms with van der Waals surface area (Å²) < 4.78 is 71.1. The standard InChI is InChI=1S/C21H23F3N2O4S/c1-15-5-3-7-18(13-15)30-16(2)20(27)25-9-11-26(12-10-25)31(28,29)19-8-4-6-17(14-19)21(22,23)24/h3-8,13-14,16H,9-12H2,1-2H3/t16-/m0/s1. The minimum Gasteiger partial charge on any atom is -0.481 e. The lowest BCUT2D eigenvalue weighted by Crippen LogP contribution is -2.53. The summed E-state index contributed by atoms with van der Waals surface area (Å²) >= 11 is 0. The molecule has 2 aromatic carbocycles. The van der Waals surface area contributed by atoms with Crippen molar-refractivity contribution in [1.82, 2.24) is 9.21 Å². The third kappa shape index (κ3) is 5.37. The van der Waals surface area contributed by atoms with Crippen LogP contribution in [0.1, 0.15) is 18.1 Å². The second kappa shape index (κ2) is 8.88. The lowest BCUT2D eigenvalue weighted by molar-refractivity contribution is -0.139. The first kappa shape index (κ1) is 23.1. The van der Waals surface area contributed by atoms with Gasteiger partial charge in [-0.05, 0) is 49.7 Å². The molecule has 0 saturated carbocycles. The van der Waals surface area contributed by atoms with Gasteiger partial charge in [-0.25, -0.2) is 8.42 Å². The molecule has 1 aliphatic heterocycles. The van der Waals surface area contributed by atoms with E-state index in [4.69, 9.17) is 4.74 Å². The van der Waals surface area contributed by atoms with E-state index in [2.05, 4.69) is 0 Å². The van der Waals surface area contributed by atoms with Gasteiger partial charge in [-0.3, -0.25) is 4.79 Å². The van der Waals surface area contributed by atoms with Gasteiger partial charge in [0.2, 0.25) is 10.0 Å². The summed E-state index contributed by atoms with van der Waals surface area (Å²) in [4.78, 5) is 13.8. The Morgan fingerprint density at radius 3 is 2.29 bits per heavy atom. The van der Waals surface area contributed by atoms with Gasteiger partial charge < -0.3 is 9.64 Å². The molecule has 0 spiro atoms. The molecule has 0 bridgehead atoms. The minimum absolute atomic E-state index is 0.0124. The van der Waals surface area contributed by atoms with Crippen LogP contribution in [0, 0.1) is 6.92 Å². The van der Waals surface area contributed by atoms with E-state index >= 15 is 0 Å². The molecule has 0 unspecified atom stereocenters. The number of rotatable bonds is 5. The largest absolute Gasteiger partial charge is 0.481 e. The van der Waals surface area contributed by atoms with Crippen molar-refractivity contribution in [3.8, 4) is 5.75 Å². The van der Waals surface area contributed by atoms with E-state index in [0.717, 1.165) is 28.1 Å². The molecule has 0 N–H and O–H groups in total.